The molecule has 3 aromatic rings. The number of aryl methyl sites for hydroxylation is 1. The summed E-state index contributed by atoms with van der Waals surface area (Å²) in [4.78, 5) is 25.4. The minimum Gasteiger partial charge on any atom is -0.348 e. The van der Waals surface area contributed by atoms with Gasteiger partial charge in [0.25, 0.3) is 5.91 Å². The molecule has 1 saturated carbocycles. The molecule has 1 fully saturated rings. The third kappa shape index (κ3) is 4.54. The number of nitrogens with one attached hydrogen (secondary N) is 1. The van der Waals surface area contributed by atoms with Gasteiger partial charge in [0, 0.05) is 22.4 Å². The summed E-state index contributed by atoms with van der Waals surface area (Å²) < 4.78 is 2.69. The summed E-state index contributed by atoms with van der Waals surface area (Å²) in [5.41, 5.74) is 1.49. The zero-order valence-electron chi connectivity index (χ0n) is 14.9. The Morgan fingerprint density at radius 1 is 1.26 bits per heavy atom. The molecule has 0 aromatic carbocycles. The Morgan fingerprint density at radius 3 is 2.81 bits per heavy atom. The molecule has 1 aliphatic rings. The molecule has 0 spiro atoms. The summed E-state index contributed by atoms with van der Waals surface area (Å²) >= 11 is 3.58. The summed E-state index contributed by atoms with van der Waals surface area (Å²) in [6, 6.07) is 5.53. The largest absolute Gasteiger partial charge is 0.348 e. The van der Waals surface area contributed by atoms with E-state index in [1.807, 2.05) is 24.8 Å². The minimum atomic E-state index is -0.136. The Balaban J connectivity index is 1.31. The Kier molecular flexibility index (Phi) is 5.49. The fourth-order valence-electron chi connectivity index (χ4n) is 3.12. The maximum atomic E-state index is 12.6. The number of amides is 1. The van der Waals surface area contributed by atoms with Gasteiger partial charge in [0.1, 0.15) is 22.7 Å². The second-order valence-corrected chi connectivity index (χ2v) is 8.95. The Morgan fingerprint density at radius 2 is 2.11 bits per heavy atom. The van der Waals surface area contributed by atoms with Gasteiger partial charge in [-0.05, 0) is 44.7 Å². The number of hydrogen-bond donors (Lipinski definition) is 1. The van der Waals surface area contributed by atoms with E-state index in [2.05, 4.69) is 30.7 Å². The van der Waals surface area contributed by atoms with Gasteiger partial charge in [-0.2, -0.15) is 5.10 Å². The van der Waals surface area contributed by atoms with Crippen molar-refractivity contribution in [1.29, 1.82) is 0 Å². The number of thioether (sulfide) groups is 1. The Bertz CT molecular complexity index is 902. The van der Waals surface area contributed by atoms with Gasteiger partial charge in [-0.25, -0.2) is 19.6 Å². The molecular weight excluding hydrogens is 380 g/mol. The predicted molar refractivity (Wildman–Crippen MR) is 105 cm³/mol. The second-order valence-electron chi connectivity index (χ2n) is 6.54. The highest BCUT2D eigenvalue weighted by molar-refractivity contribution is 8.01. The van der Waals surface area contributed by atoms with Crippen molar-refractivity contribution in [2.45, 2.75) is 48.2 Å². The van der Waals surface area contributed by atoms with Crippen molar-refractivity contribution >= 4 is 29.0 Å². The van der Waals surface area contributed by atoms with Crippen LogP contribution in [0.4, 0.5) is 0 Å². The van der Waals surface area contributed by atoms with Crippen LogP contribution in [0.5, 0.6) is 0 Å². The highest BCUT2D eigenvalue weighted by Crippen LogP contribution is 2.35. The fraction of sp³-hybridized carbons (Fsp3) is 0.389. The van der Waals surface area contributed by atoms with Gasteiger partial charge in [-0.15, -0.1) is 11.3 Å². The van der Waals surface area contributed by atoms with Crippen LogP contribution in [-0.4, -0.2) is 41.9 Å². The lowest BCUT2D eigenvalue weighted by atomic mass is 9.95. The molecule has 0 aliphatic heterocycles. The fourth-order valence-corrected chi connectivity index (χ4v) is 5.40. The molecule has 3 heterocycles. The van der Waals surface area contributed by atoms with Gasteiger partial charge in [-0.3, -0.25) is 4.79 Å². The summed E-state index contributed by atoms with van der Waals surface area (Å²) in [5.74, 6) is 0.447. The van der Waals surface area contributed by atoms with E-state index in [0.29, 0.717) is 16.8 Å². The van der Waals surface area contributed by atoms with Crippen LogP contribution in [0.1, 0.15) is 41.9 Å². The van der Waals surface area contributed by atoms with Crippen molar-refractivity contribution in [3.05, 3.63) is 47.6 Å². The Labute approximate surface area is 165 Å². The average Bonchev–Trinajstić information content (AvgIpc) is 3.35. The van der Waals surface area contributed by atoms with Gasteiger partial charge in [-0.1, -0.05) is 17.8 Å². The highest BCUT2D eigenvalue weighted by atomic mass is 32.2. The minimum absolute atomic E-state index is 0.136. The van der Waals surface area contributed by atoms with E-state index < -0.39 is 0 Å². The van der Waals surface area contributed by atoms with E-state index in [4.69, 9.17) is 0 Å². The third-order valence-corrected chi connectivity index (χ3v) is 6.92. The Hall–Kier alpha value is -2.26. The zero-order chi connectivity index (χ0) is 18.6. The van der Waals surface area contributed by atoms with Crippen LogP contribution >= 0.6 is 23.1 Å². The SMILES string of the molecule is Cc1csc(SC2CCC(NC(=O)c3cccc(-n4cncn4)n3)CC2)n1. The first-order valence-electron chi connectivity index (χ1n) is 8.89. The van der Waals surface area contributed by atoms with Crippen molar-refractivity contribution in [2.75, 3.05) is 0 Å². The summed E-state index contributed by atoms with van der Waals surface area (Å²) in [6.07, 6.45) is 7.14. The monoisotopic (exact) mass is 400 g/mol. The molecule has 1 aliphatic carbocycles. The van der Waals surface area contributed by atoms with Crippen LogP contribution < -0.4 is 5.32 Å². The first kappa shape index (κ1) is 18.1. The third-order valence-electron chi connectivity index (χ3n) is 4.50. The molecule has 0 radical (unpaired) electrons. The first-order valence-corrected chi connectivity index (χ1v) is 10.6. The van der Waals surface area contributed by atoms with Crippen LogP contribution in [-0.2, 0) is 0 Å². The summed E-state index contributed by atoms with van der Waals surface area (Å²) in [7, 11) is 0. The number of hydrogen-bond acceptors (Lipinski definition) is 7. The van der Waals surface area contributed by atoms with Gasteiger partial charge in [0.2, 0.25) is 0 Å². The number of nitrogens with zero attached hydrogens (tertiary/aromatic N) is 5. The van der Waals surface area contributed by atoms with E-state index in [0.717, 1.165) is 35.7 Å². The standard InChI is InChI=1S/C18H20N6OS2/c1-12-9-26-18(21-12)27-14-7-5-13(6-8-14)22-17(25)15-3-2-4-16(23-15)24-11-19-10-20-24/h2-4,9-11,13-14H,5-8H2,1H3,(H,22,25). The van der Waals surface area contributed by atoms with Crippen molar-refractivity contribution in [3.63, 3.8) is 0 Å². The highest BCUT2D eigenvalue weighted by Gasteiger charge is 2.24. The molecule has 9 heteroatoms. The van der Waals surface area contributed by atoms with Crippen LogP contribution in [0, 0.1) is 6.92 Å². The predicted octanol–water partition coefficient (Wildman–Crippen LogP) is 3.26. The maximum Gasteiger partial charge on any atom is 0.270 e. The number of rotatable bonds is 5. The van der Waals surface area contributed by atoms with Gasteiger partial charge >= 0.3 is 0 Å². The van der Waals surface area contributed by atoms with Gasteiger partial charge in [0.15, 0.2) is 5.82 Å². The van der Waals surface area contributed by atoms with E-state index in [1.54, 1.807) is 34.5 Å². The van der Waals surface area contributed by atoms with E-state index >= 15 is 0 Å². The number of carbonyl (C=O) groups excluding carboxylic acids is 1. The molecule has 4 rings (SSSR count). The van der Waals surface area contributed by atoms with Crippen molar-refractivity contribution in [2.24, 2.45) is 0 Å². The topological polar surface area (TPSA) is 85.6 Å². The second kappa shape index (κ2) is 8.18. The molecule has 1 N–H and O–H groups in total. The van der Waals surface area contributed by atoms with E-state index in [9.17, 15) is 4.79 Å². The maximum absolute atomic E-state index is 12.6. The molecule has 1 amide bonds. The number of thiazole rings is 1. The molecule has 0 unspecified atom stereocenters. The molecule has 0 saturated heterocycles. The van der Waals surface area contributed by atoms with Crippen molar-refractivity contribution in [1.82, 2.24) is 30.0 Å². The van der Waals surface area contributed by atoms with Crippen LogP contribution in [0.25, 0.3) is 5.82 Å². The van der Waals surface area contributed by atoms with Crippen LogP contribution in [0.15, 0.2) is 40.6 Å². The number of aromatic nitrogens is 5. The first-order chi connectivity index (χ1) is 13.2. The smallest absolute Gasteiger partial charge is 0.270 e. The normalized spacial score (nSPS) is 19.7. The lowest BCUT2D eigenvalue weighted by Gasteiger charge is -2.28. The molecular formula is C18H20N6OS2. The van der Waals surface area contributed by atoms with Crippen LogP contribution in [0.2, 0.25) is 0 Å². The zero-order valence-corrected chi connectivity index (χ0v) is 16.5. The summed E-state index contributed by atoms with van der Waals surface area (Å²) in [5, 5.41) is 9.85. The van der Waals surface area contributed by atoms with Crippen molar-refractivity contribution < 1.29 is 4.79 Å². The quantitative estimate of drug-likeness (QED) is 0.707. The summed E-state index contributed by atoms with van der Waals surface area (Å²) in [6.45, 7) is 2.03. The lowest BCUT2D eigenvalue weighted by molar-refractivity contribution is 0.0923. The number of pyridine rings is 1. The number of carbonyl (C=O) groups is 1. The van der Waals surface area contributed by atoms with Crippen molar-refractivity contribution in [3.8, 4) is 5.82 Å². The average molecular weight is 401 g/mol. The van der Waals surface area contributed by atoms with E-state index in [-0.39, 0.29) is 11.9 Å². The van der Waals surface area contributed by atoms with E-state index in [1.165, 1.54) is 6.33 Å². The molecule has 0 bridgehead atoms. The lowest BCUT2D eigenvalue weighted by Crippen LogP contribution is -2.38. The van der Waals surface area contributed by atoms with Crippen LogP contribution in [0.3, 0.4) is 0 Å². The molecule has 140 valence electrons. The molecule has 27 heavy (non-hydrogen) atoms. The molecule has 3 aromatic heterocycles. The van der Waals surface area contributed by atoms with Gasteiger partial charge in [0.05, 0.1) is 0 Å². The van der Waals surface area contributed by atoms with Gasteiger partial charge < -0.3 is 5.32 Å². The molecule has 7 nitrogen and oxygen atoms in total. The molecule has 0 atom stereocenters.